The third kappa shape index (κ3) is 5.61. The van der Waals surface area contributed by atoms with Gasteiger partial charge in [-0.1, -0.05) is 12.1 Å². The number of carboxylic acids is 1. The van der Waals surface area contributed by atoms with Crippen molar-refractivity contribution in [3.05, 3.63) is 35.4 Å². The van der Waals surface area contributed by atoms with E-state index in [-0.39, 0.29) is 6.54 Å². The molecule has 8 heteroatoms. The van der Waals surface area contributed by atoms with Gasteiger partial charge in [-0.25, -0.2) is 9.59 Å². The van der Waals surface area contributed by atoms with Crippen molar-refractivity contribution in [1.82, 2.24) is 10.6 Å². The Morgan fingerprint density at radius 1 is 1.29 bits per heavy atom. The number of urea groups is 1. The maximum atomic E-state index is 11.5. The molecule has 0 aliphatic rings. The fourth-order valence-electron chi connectivity index (χ4n) is 1.49. The Balaban J connectivity index is 2.50. The lowest BCUT2D eigenvalue weighted by Gasteiger charge is -2.13. The van der Waals surface area contributed by atoms with Gasteiger partial charge in [0.1, 0.15) is 6.04 Å². The number of nitrogens with zero attached hydrogens (tertiary/aromatic N) is 1. The van der Waals surface area contributed by atoms with Crippen LogP contribution in [-0.2, 0) is 16.1 Å². The molecule has 0 saturated heterocycles. The first kappa shape index (κ1) is 16.0. The highest BCUT2D eigenvalue weighted by molar-refractivity contribution is 5.87. The quantitative estimate of drug-likeness (QED) is 0.567. The first-order chi connectivity index (χ1) is 9.92. The second-order valence-corrected chi connectivity index (χ2v) is 4.20. The number of amides is 3. The molecule has 0 radical (unpaired) electrons. The SMILES string of the molecule is N#Cc1ccc(CNC(=O)N[C@@H](CC(N)=O)C(=O)O)cc1. The number of benzene rings is 1. The van der Waals surface area contributed by atoms with Crippen LogP contribution < -0.4 is 16.4 Å². The van der Waals surface area contributed by atoms with E-state index in [1.807, 2.05) is 6.07 Å². The second-order valence-electron chi connectivity index (χ2n) is 4.20. The van der Waals surface area contributed by atoms with E-state index < -0.39 is 30.4 Å². The highest BCUT2D eigenvalue weighted by Gasteiger charge is 2.21. The molecule has 0 unspecified atom stereocenters. The van der Waals surface area contributed by atoms with Crippen LogP contribution in [0.4, 0.5) is 4.79 Å². The number of hydrogen-bond donors (Lipinski definition) is 4. The minimum Gasteiger partial charge on any atom is -0.480 e. The van der Waals surface area contributed by atoms with Crippen LogP contribution in [0.1, 0.15) is 17.5 Å². The van der Waals surface area contributed by atoms with Gasteiger partial charge in [-0.15, -0.1) is 0 Å². The van der Waals surface area contributed by atoms with Crippen LogP contribution in [0.15, 0.2) is 24.3 Å². The van der Waals surface area contributed by atoms with Crippen LogP contribution in [-0.4, -0.2) is 29.1 Å². The molecular weight excluding hydrogens is 276 g/mol. The summed E-state index contributed by atoms with van der Waals surface area (Å²) in [5.41, 5.74) is 6.14. The van der Waals surface area contributed by atoms with Gasteiger partial charge in [0.05, 0.1) is 18.1 Å². The molecular formula is C13H14N4O4. The summed E-state index contributed by atoms with van der Waals surface area (Å²) in [6, 6.07) is 6.39. The van der Waals surface area contributed by atoms with E-state index in [0.29, 0.717) is 5.56 Å². The molecule has 1 rings (SSSR count). The van der Waals surface area contributed by atoms with Crippen molar-refractivity contribution in [2.75, 3.05) is 0 Å². The second kappa shape index (κ2) is 7.49. The van der Waals surface area contributed by atoms with Crippen LogP contribution in [0, 0.1) is 11.3 Å². The molecule has 0 bridgehead atoms. The van der Waals surface area contributed by atoms with E-state index in [4.69, 9.17) is 16.1 Å². The van der Waals surface area contributed by atoms with E-state index in [1.54, 1.807) is 24.3 Å². The van der Waals surface area contributed by atoms with Crippen LogP contribution in [0.25, 0.3) is 0 Å². The lowest BCUT2D eigenvalue weighted by atomic mass is 10.1. The van der Waals surface area contributed by atoms with Gasteiger partial charge in [0.2, 0.25) is 5.91 Å². The molecule has 0 spiro atoms. The summed E-state index contributed by atoms with van der Waals surface area (Å²) in [6.07, 6.45) is -0.486. The number of nitriles is 1. The van der Waals surface area contributed by atoms with E-state index in [1.165, 1.54) is 0 Å². The topological polar surface area (TPSA) is 145 Å². The van der Waals surface area contributed by atoms with Gasteiger partial charge < -0.3 is 21.5 Å². The van der Waals surface area contributed by atoms with E-state index in [9.17, 15) is 14.4 Å². The highest BCUT2D eigenvalue weighted by Crippen LogP contribution is 2.02. The largest absolute Gasteiger partial charge is 0.480 e. The normalized spacial score (nSPS) is 11.0. The first-order valence-corrected chi connectivity index (χ1v) is 5.97. The summed E-state index contributed by atoms with van der Waals surface area (Å²) in [7, 11) is 0. The third-order valence-electron chi connectivity index (χ3n) is 2.54. The monoisotopic (exact) mass is 290 g/mol. The van der Waals surface area contributed by atoms with Crippen molar-refractivity contribution in [1.29, 1.82) is 5.26 Å². The summed E-state index contributed by atoms with van der Waals surface area (Å²) >= 11 is 0. The van der Waals surface area contributed by atoms with Crippen LogP contribution in [0.3, 0.4) is 0 Å². The Morgan fingerprint density at radius 3 is 2.38 bits per heavy atom. The van der Waals surface area contributed by atoms with E-state index >= 15 is 0 Å². The molecule has 0 fully saturated rings. The summed E-state index contributed by atoms with van der Waals surface area (Å²) in [5.74, 6) is -2.17. The standard InChI is InChI=1S/C13H14N4O4/c14-6-8-1-3-9(4-2-8)7-16-13(21)17-10(12(19)20)5-11(15)18/h1-4,10H,5,7H2,(H2,15,18)(H,19,20)(H2,16,17,21)/t10-/m0/s1. The summed E-state index contributed by atoms with van der Waals surface area (Å²) in [4.78, 5) is 33.1. The first-order valence-electron chi connectivity index (χ1n) is 5.97. The molecule has 1 atom stereocenters. The number of nitrogens with one attached hydrogen (secondary N) is 2. The van der Waals surface area contributed by atoms with Gasteiger partial charge in [-0.2, -0.15) is 5.26 Å². The number of carbonyl (C=O) groups is 3. The molecule has 110 valence electrons. The Morgan fingerprint density at radius 2 is 1.90 bits per heavy atom. The lowest BCUT2D eigenvalue weighted by Crippen LogP contribution is -2.47. The maximum absolute atomic E-state index is 11.5. The molecule has 0 aliphatic carbocycles. The summed E-state index contributed by atoms with van der Waals surface area (Å²) < 4.78 is 0. The Labute approximate surface area is 120 Å². The average Bonchev–Trinajstić information content (AvgIpc) is 2.44. The van der Waals surface area contributed by atoms with Gasteiger partial charge in [0.15, 0.2) is 0 Å². The minimum atomic E-state index is -1.37. The molecule has 3 amide bonds. The minimum absolute atomic E-state index is 0.153. The van der Waals surface area contributed by atoms with Gasteiger partial charge in [0.25, 0.3) is 0 Å². The fraction of sp³-hybridized carbons (Fsp3) is 0.231. The Bertz CT molecular complexity index is 577. The summed E-state index contributed by atoms with van der Waals surface area (Å²) in [5, 5.41) is 22.1. The van der Waals surface area contributed by atoms with Crippen molar-refractivity contribution < 1.29 is 19.5 Å². The molecule has 5 N–H and O–H groups in total. The van der Waals surface area contributed by atoms with Crippen molar-refractivity contribution in [3.8, 4) is 6.07 Å². The van der Waals surface area contributed by atoms with Crippen LogP contribution in [0.5, 0.6) is 0 Å². The number of nitrogens with two attached hydrogens (primary N) is 1. The Kier molecular flexibility index (Phi) is 5.70. The highest BCUT2D eigenvalue weighted by atomic mass is 16.4. The van der Waals surface area contributed by atoms with E-state index in [0.717, 1.165) is 5.56 Å². The number of primary amides is 1. The summed E-state index contributed by atoms with van der Waals surface area (Å²) in [6.45, 7) is 0.153. The zero-order chi connectivity index (χ0) is 15.8. The zero-order valence-electron chi connectivity index (χ0n) is 11.0. The number of hydrogen-bond acceptors (Lipinski definition) is 4. The molecule has 0 heterocycles. The molecule has 1 aromatic carbocycles. The fourth-order valence-corrected chi connectivity index (χ4v) is 1.49. The number of rotatable bonds is 6. The zero-order valence-corrected chi connectivity index (χ0v) is 11.0. The molecule has 8 nitrogen and oxygen atoms in total. The lowest BCUT2D eigenvalue weighted by molar-refractivity contribution is -0.140. The molecule has 0 aliphatic heterocycles. The molecule has 0 aromatic heterocycles. The third-order valence-corrected chi connectivity index (χ3v) is 2.54. The van der Waals surface area contributed by atoms with Crippen molar-refractivity contribution in [2.24, 2.45) is 5.73 Å². The molecule has 1 aromatic rings. The molecule has 0 saturated carbocycles. The maximum Gasteiger partial charge on any atom is 0.326 e. The number of aliphatic carboxylic acids is 1. The smallest absolute Gasteiger partial charge is 0.326 e. The van der Waals surface area contributed by atoms with Crippen molar-refractivity contribution in [2.45, 2.75) is 19.0 Å². The van der Waals surface area contributed by atoms with Gasteiger partial charge in [-0.05, 0) is 17.7 Å². The predicted molar refractivity (Wildman–Crippen MR) is 71.8 cm³/mol. The van der Waals surface area contributed by atoms with Crippen LogP contribution in [0.2, 0.25) is 0 Å². The van der Waals surface area contributed by atoms with Gasteiger partial charge >= 0.3 is 12.0 Å². The van der Waals surface area contributed by atoms with E-state index in [2.05, 4.69) is 10.6 Å². The van der Waals surface area contributed by atoms with Crippen LogP contribution >= 0.6 is 0 Å². The van der Waals surface area contributed by atoms with Gasteiger partial charge in [0, 0.05) is 6.54 Å². The van der Waals surface area contributed by atoms with Crippen molar-refractivity contribution >= 4 is 17.9 Å². The van der Waals surface area contributed by atoms with Crippen molar-refractivity contribution in [3.63, 3.8) is 0 Å². The molecule has 21 heavy (non-hydrogen) atoms. The predicted octanol–water partition coefficient (Wildman–Crippen LogP) is -0.314. The Hall–Kier alpha value is -3.08. The number of carboxylic acid groups (broad SMARTS) is 1. The average molecular weight is 290 g/mol. The van der Waals surface area contributed by atoms with Gasteiger partial charge in [-0.3, -0.25) is 4.79 Å². The number of carbonyl (C=O) groups excluding carboxylic acids is 2.